The fourth-order valence-electron chi connectivity index (χ4n) is 0.585. The zero-order valence-corrected chi connectivity index (χ0v) is 7.35. The lowest BCUT2D eigenvalue weighted by atomic mass is 10.4. The van der Waals surface area contributed by atoms with Crippen molar-refractivity contribution in [3.63, 3.8) is 0 Å². The van der Waals surface area contributed by atoms with Crippen molar-refractivity contribution in [1.82, 2.24) is 0 Å². The Kier molecular flexibility index (Phi) is 4.76. The van der Waals surface area contributed by atoms with E-state index in [0.717, 1.165) is 7.11 Å². The van der Waals surface area contributed by atoms with Gasteiger partial charge in [-0.25, -0.2) is 4.79 Å². The Morgan fingerprint density at radius 2 is 2.00 bits per heavy atom. The lowest BCUT2D eigenvalue weighted by molar-refractivity contribution is -0.164. The number of carbonyl (C=O) groups excluding carboxylic acids is 1. The first-order valence-corrected chi connectivity index (χ1v) is 3.63. The van der Waals surface area contributed by atoms with Gasteiger partial charge in [-0.15, -0.1) is 0 Å². The second kappa shape index (κ2) is 5.06. The highest BCUT2D eigenvalue weighted by Gasteiger charge is 2.27. The molecular weight excluding hydrogens is 189 g/mol. The predicted octanol–water partition coefficient (Wildman–Crippen LogP) is 1.52. The van der Waals surface area contributed by atoms with Gasteiger partial charge in [-0.05, 0) is 6.92 Å². The molecule has 0 bridgehead atoms. The number of carbonyl (C=O) groups is 1. The number of ether oxygens (including phenoxy) is 2. The van der Waals surface area contributed by atoms with Gasteiger partial charge in [-0.2, -0.15) is 13.2 Å². The third-order valence-electron chi connectivity index (χ3n) is 1.29. The van der Waals surface area contributed by atoms with Gasteiger partial charge in [0.15, 0.2) is 6.10 Å². The van der Waals surface area contributed by atoms with Crippen LogP contribution in [0.1, 0.15) is 13.3 Å². The Morgan fingerprint density at radius 3 is 2.38 bits per heavy atom. The SMILES string of the molecule is COC(=O)[C@@H](C)OCCC(F)(F)F. The van der Waals surface area contributed by atoms with Crippen molar-refractivity contribution in [3.05, 3.63) is 0 Å². The Labute approximate surface area is 73.8 Å². The number of halogens is 3. The summed E-state index contributed by atoms with van der Waals surface area (Å²) in [5.74, 6) is -0.679. The molecule has 0 rings (SSSR count). The highest BCUT2D eigenvalue weighted by Crippen LogP contribution is 2.19. The lowest BCUT2D eigenvalue weighted by Gasteiger charge is -2.11. The van der Waals surface area contributed by atoms with Crippen LogP contribution in [0, 0.1) is 0 Å². The summed E-state index contributed by atoms with van der Waals surface area (Å²) >= 11 is 0. The molecule has 0 aromatic carbocycles. The van der Waals surface area contributed by atoms with E-state index >= 15 is 0 Å². The fourth-order valence-corrected chi connectivity index (χ4v) is 0.585. The molecule has 0 radical (unpaired) electrons. The quantitative estimate of drug-likeness (QED) is 0.645. The first-order valence-electron chi connectivity index (χ1n) is 3.63. The zero-order chi connectivity index (χ0) is 10.5. The summed E-state index contributed by atoms with van der Waals surface area (Å²) in [5, 5.41) is 0. The Morgan fingerprint density at radius 1 is 1.46 bits per heavy atom. The molecule has 0 aromatic rings. The normalized spacial score (nSPS) is 13.9. The van der Waals surface area contributed by atoms with Gasteiger partial charge >= 0.3 is 12.1 Å². The highest BCUT2D eigenvalue weighted by molar-refractivity contribution is 5.73. The lowest BCUT2D eigenvalue weighted by Crippen LogP contribution is -2.24. The van der Waals surface area contributed by atoms with Gasteiger partial charge in [0.2, 0.25) is 0 Å². The third kappa shape index (κ3) is 6.39. The van der Waals surface area contributed by atoms with Crippen molar-refractivity contribution in [2.45, 2.75) is 25.6 Å². The number of esters is 1. The van der Waals surface area contributed by atoms with Gasteiger partial charge in [0, 0.05) is 0 Å². The maximum Gasteiger partial charge on any atom is 0.391 e. The van der Waals surface area contributed by atoms with Crippen LogP contribution in [-0.4, -0.2) is 32.0 Å². The molecule has 0 saturated carbocycles. The molecule has 0 spiro atoms. The second-order valence-electron chi connectivity index (χ2n) is 2.40. The standard InChI is InChI=1S/C7H11F3O3/c1-5(6(11)12-2)13-4-3-7(8,9)10/h5H,3-4H2,1-2H3/t5-/m1/s1. The third-order valence-corrected chi connectivity index (χ3v) is 1.29. The van der Waals surface area contributed by atoms with E-state index in [2.05, 4.69) is 9.47 Å². The molecule has 1 atom stereocenters. The van der Waals surface area contributed by atoms with Crippen LogP contribution in [0.5, 0.6) is 0 Å². The van der Waals surface area contributed by atoms with E-state index in [9.17, 15) is 18.0 Å². The molecule has 0 N–H and O–H groups in total. The van der Waals surface area contributed by atoms with Crippen LogP contribution in [0.15, 0.2) is 0 Å². The summed E-state index contributed by atoms with van der Waals surface area (Å²) in [6.45, 7) is 0.808. The Hall–Kier alpha value is -0.780. The van der Waals surface area contributed by atoms with Crippen LogP contribution in [0.25, 0.3) is 0 Å². The summed E-state index contributed by atoms with van der Waals surface area (Å²) < 4.78 is 43.6. The van der Waals surface area contributed by atoms with Gasteiger partial charge < -0.3 is 9.47 Å². The van der Waals surface area contributed by atoms with E-state index in [1.165, 1.54) is 6.92 Å². The predicted molar refractivity (Wildman–Crippen MR) is 38.1 cm³/mol. The number of rotatable bonds is 4. The number of alkyl halides is 3. The molecule has 0 aromatic heterocycles. The van der Waals surface area contributed by atoms with Crippen LogP contribution < -0.4 is 0 Å². The molecule has 13 heavy (non-hydrogen) atoms. The maximum absolute atomic E-state index is 11.6. The molecular formula is C7H11F3O3. The smallest absolute Gasteiger partial charge is 0.391 e. The minimum atomic E-state index is -4.25. The van der Waals surface area contributed by atoms with E-state index in [-0.39, 0.29) is 0 Å². The van der Waals surface area contributed by atoms with Crippen molar-refractivity contribution in [2.24, 2.45) is 0 Å². The largest absolute Gasteiger partial charge is 0.467 e. The van der Waals surface area contributed by atoms with Gasteiger partial charge in [0.1, 0.15) is 0 Å². The molecule has 0 saturated heterocycles. The molecule has 0 aliphatic rings. The van der Waals surface area contributed by atoms with Crippen LogP contribution in [0.3, 0.4) is 0 Å². The first-order chi connectivity index (χ1) is 5.87. The van der Waals surface area contributed by atoms with Gasteiger partial charge in [-0.1, -0.05) is 0 Å². The van der Waals surface area contributed by atoms with Crippen molar-refractivity contribution >= 4 is 5.97 Å². The minimum absolute atomic E-state index is 0.528. The molecule has 0 aliphatic heterocycles. The summed E-state index contributed by atoms with van der Waals surface area (Å²) in [5.41, 5.74) is 0. The molecule has 3 nitrogen and oxygen atoms in total. The summed E-state index contributed by atoms with van der Waals surface area (Å²) in [7, 11) is 1.14. The minimum Gasteiger partial charge on any atom is -0.467 e. The summed E-state index contributed by atoms with van der Waals surface area (Å²) in [6.07, 6.45) is -6.27. The molecule has 0 heterocycles. The Balaban J connectivity index is 3.59. The number of methoxy groups -OCH3 is 1. The molecule has 0 unspecified atom stereocenters. The maximum atomic E-state index is 11.6. The van der Waals surface area contributed by atoms with Crippen molar-refractivity contribution in [1.29, 1.82) is 0 Å². The van der Waals surface area contributed by atoms with Crippen molar-refractivity contribution in [2.75, 3.05) is 13.7 Å². The summed E-state index contributed by atoms with van der Waals surface area (Å²) in [4.78, 5) is 10.6. The van der Waals surface area contributed by atoms with E-state index in [0.29, 0.717) is 0 Å². The van der Waals surface area contributed by atoms with Crippen LogP contribution in [0.4, 0.5) is 13.2 Å². The fraction of sp³-hybridized carbons (Fsp3) is 0.857. The van der Waals surface area contributed by atoms with Crippen LogP contribution in [-0.2, 0) is 14.3 Å². The van der Waals surface area contributed by atoms with Gasteiger partial charge in [0.05, 0.1) is 20.1 Å². The molecule has 78 valence electrons. The van der Waals surface area contributed by atoms with Gasteiger partial charge in [0.25, 0.3) is 0 Å². The molecule has 6 heteroatoms. The first kappa shape index (κ1) is 12.2. The number of hydrogen-bond acceptors (Lipinski definition) is 3. The topological polar surface area (TPSA) is 35.5 Å². The van der Waals surface area contributed by atoms with E-state index < -0.39 is 31.3 Å². The zero-order valence-electron chi connectivity index (χ0n) is 7.35. The average Bonchev–Trinajstić information content (AvgIpc) is 2.00. The average molecular weight is 200 g/mol. The number of hydrogen-bond donors (Lipinski definition) is 0. The highest BCUT2D eigenvalue weighted by atomic mass is 19.4. The summed E-state index contributed by atoms with van der Waals surface area (Å²) in [6, 6.07) is 0. The molecule has 0 amide bonds. The molecule has 0 aliphatic carbocycles. The van der Waals surface area contributed by atoms with Crippen LogP contribution in [0.2, 0.25) is 0 Å². The Bertz CT molecular complexity index is 167. The van der Waals surface area contributed by atoms with E-state index in [1.807, 2.05) is 0 Å². The molecule has 0 fully saturated rings. The van der Waals surface area contributed by atoms with Crippen molar-refractivity contribution < 1.29 is 27.4 Å². The van der Waals surface area contributed by atoms with Gasteiger partial charge in [-0.3, -0.25) is 0 Å². The van der Waals surface area contributed by atoms with Crippen molar-refractivity contribution in [3.8, 4) is 0 Å². The second-order valence-corrected chi connectivity index (χ2v) is 2.40. The monoisotopic (exact) mass is 200 g/mol. The van der Waals surface area contributed by atoms with Crippen LogP contribution >= 0.6 is 0 Å². The van der Waals surface area contributed by atoms with E-state index in [4.69, 9.17) is 0 Å². The van der Waals surface area contributed by atoms with E-state index in [1.54, 1.807) is 0 Å².